The second-order valence-corrected chi connectivity index (χ2v) is 9.22. The number of likely N-dealkylation sites (tertiary alicyclic amines) is 2. The van der Waals surface area contributed by atoms with E-state index in [2.05, 4.69) is 9.88 Å². The molecule has 32 heavy (non-hydrogen) atoms. The lowest BCUT2D eigenvalue weighted by Crippen LogP contribution is -2.48. The molecule has 174 valence electrons. The number of piperidine rings is 1. The van der Waals surface area contributed by atoms with Crippen LogP contribution in [0.1, 0.15) is 44.1 Å². The van der Waals surface area contributed by atoms with Gasteiger partial charge in [-0.3, -0.25) is 24.3 Å². The van der Waals surface area contributed by atoms with Crippen LogP contribution in [0.4, 0.5) is 0 Å². The fourth-order valence-electron chi connectivity index (χ4n) is 5.08. The highest BCUT2D eigenvalue weighted by molar-refractivity contribution is 5.84. The molecule has 0 aromatic carbocycles. The molecule has 1 aromatic rings. The van der Waals surface area contributed by atoms with Gasteiger partial charge in [-0.15, -0.1) is 0 Å². The van der Waals surface area contributed by atoms with Crippen molar-refractivity contribution in [2.24, 2.45) is 5.92 Å². The van der Waals surface area contributed by atoms with Gasteiger partial charge in [0, 0.05) is 84.1 Å². The molecule has 0 spiro atoms. The van der Waals surface area contributed by atoms with Crippen molar-refractivity contribution in [1.29, 1.82) is 0 Å². The third kappa shape index (κ3) is 5.85. The molecule has 0 saturated carbocycles. The minimum absolute atomic E-state index is 0.104. The quantitative estimate of drug-likeness (QED) is 0.639. The van der Waals surface area contributed by atoms with Gasteiger partial charge in [0.15, 0.2) is 0 Å². The molecule has 8 nitrogen and oxygen atoms in total. The summed E-state index contributed by atoms with van der Waals surface area (Å²) in [5.74, 6) is 0.458. The van der Waals surface area contributed by atoms with Crippen LogP contribution in [0.3, 0.4) is 0 Å². The van der Waals surface area contributed by atoms with Gasteiger partial charge in [-0.05, 0) is 43.4 Å². The third-order valence-electron chi connectivity index (χ3n) is 6.93. The van der Waals surface area contributed by atoms with E-state index >= 15 is 0 Å². The van der Waals surface area contributed by atoms with Crippen molar-refractivity contribution >= 4 is 17.7 Å². The van der Waals surface area contributed by atoms with E-state index in [0.29, 0.717) is 38.9 Å². The average molecular weight is 442 g/mol. The van der Waals surface area contributed by atoms with Crippen LogP contribution in [0.25, 0.3) is 0 Å². The largest absolute Gasteiger partial charge is 0.343 e. The molecule has 0 aliphatic carbocycles. The SMILES string of the molecule is O=C1CCCN1CCCN1C[C@@H](C(=O)N2CCCN(Cc3ccncc3)CC2)CCC1=O. The first-order valence-electron chi connectivity index (χ1n) is 12.1. The van der Waals surface area contributed by atoms with Crippen LogP contribution >= 0.6 is 0 Å². The zero-order chi connectivity index (χ0) is 22.3. The molecule has 0 bridgehead atoms. The van der Waals surface area contributed by atoms with E-state index < -0.39 is 0 Å². The highest BCUT2D eigenvalue weighted by atomic mass is 16.2. The Morgan fingerprint density at radius 3 is 2.47 bits per heavy atom. The van der Waals surface area contributed by atoms with Gasteiger partial charge < -0.3 is 14.7 Å². The summed E-state index contributed by atoms with van der Waals surface area (Å²) < 4.78 is 0. The van der Waals surface area contributed by atoms with Crippen molar-refractivity contribution in [3.63, 3.8) is 0 Å². The van der Waals surface area contributed by atoms with Crippen LogP contribution in [-0.4, -0.2) is 94.7 Å². The summed E-state index contributed by atoms with van der Waals surface area (Å²) in [5, 5.41) is 0. The Morgan fingerprint density at radius 1 is 0.906 bits per heavy atom. The van der Waals surface area contributed by atoms with Gasteiger partial charge in [-0.2, -0.15) is 0 Å². The lowest BCUT2D eigenvalue weighted by Gasteiger charge is -2.35. The molecule has 4 rings (SSSR count). The molecular formula is C24H35N5O3. The van der Waals surface area contributed by atoms with Crippen molar-refractivity contribution in [1.82, 2.24) is 24.6 Å². The van der Waals surface area contributed by atoms with E-state index in [1.54, 1.807) is 0 Å². The minimum Gasteiger partial charge on any atom is -0.343 e. The van der Waals surface area contributed by atoms with Crippen molar-refractivity contribution in [3.05, 3.63) is 30.1 Å². The zero-order valence-corrected chi connectivity index (χ0v) is 19.0. The Hall–Kier alpha value is -2.48. The number of hydrogen-bond donors (Lipinski definition) is 0. The number of rotatable bonds is 7. The maximum atomic E-state index is 13.3. The fourth-order valence-corrected chi connectivity index (χ4v) is 5.08. The van der Waals surface area contributed by atoms with Crippen LogP contribution in [0.5, 0.6) is 0 Å². The Morgan fingerprint density at radius 2 is 1.69 bits per heavy atom. The number of carbonyl (C=O) groups excluding carboxylic acids is 3. The second kappa shape index (κ2) is 10.9. The van der Waals surface area contributed by atoms with E-state index in [-0.39, 0.29) is 23.6 Å². The normalized spacial score (nSPS) is 23.0. The molecule has 3 fully saturated rings. The van der Waals surface area contributed by atoms with Crippen molar-refractivity contribution in [2.75, 3.05) is 52.4 Å². The molecule has 0 N–H and O–H groups in total. The maximum Gasteiger partial charge on any atom is 0.227 e. The molecule has 0 unspecified atom stereocenters. The lowest BCUT2D eigenvalue weighted by molar-refractivity contribution is -0.143. The molecule has 0 radical (unpaired) electrons. The molecule has 8 heteroatoms. The van der Waals surface area contributed by atoms with Gasteiger partial charge in [0.1, 0.15) is 0 Å². The smallest absolute Gasteiger partial charge is 0.227 e. The van der Waals surface area contributed by atoms with E-state index in [0.717, 1.165) is 58.5 Å². The molecule has 3 aliphatic heterocycles. The summed E-state index contributed by atoms with van der Waals surface area (Å²) in [6, 6.07) is 4.09. The van der Waals surface area contributed by atoms with Gasteiger partial charge >= 0.3 is 0 Å². The van der Waals surface area contributed by atoms with Crippen molar-refractivity contribution in [3.8, 4) is 0 Å². The predicted molar refractivity (Wildman–Crippen MR) is 120 cm³/mol. The maximum absolute atomic E-state index is 13.3. The summed E-state index contributed by atoms with van der Waals surface area (Å²) in [7, 11) is 0. The van der Waals surface area contributed by atoms with Gasteiger partial charge in [-0.25, -0.2) is 0 Å². The molecule has 3 aliphatic rings. The molecule has 1 aromatic heterocycles. The van der Waals surface area contributed by atoms with Crippen LogP contribution < -0.4 is 0 Å². The molecular weight excluding hydrogens is 406 g/mol. The summed E-state index contributed by atoms with van der Waals surface area (Å²) in [4.78, 5) is 49.7. The monoisotopic (exact) mass is 441 g/mol. The molecule has 4 heterocycles. The molecule has 1 atom stereocenters. The lowest BCUT2D eigenvalue weighted by atomic mass is 9.95. The van der Waals surface area contributed by atoms with E-state index in [4.69, 9.17) is 0 Å². The van der Waals surface area contributed by atoms with E-state index in [1.807, 2.05) is 39.2 Å². The highest BCUT2D eigenvalue weighted by Gasteiger charge is 2.33. The highest BCUT2D eigenvalue weighted by Crippen LogP contribution is 2.22. The van der Waals surface area contributed by atoms with E-state index in [1.165, 1.54) is 5.56 Å². The second-order valence-electron chi connectivity index (χ2n) is 9.22. The van der Waals surface area contributed by atoms with Crippen LogP contribution in [-0.2, 0) is 20.9 Å². The average Bonchev–Trinajstić information content (AvgIpc) is 3.07. The number of hydrogen-bond acceptors (Lipinski definition) is 5. The van der Waals surface area contributed by atoms with Gasteiger partial charge in [0.25, 0.3) is 0 Å². The predicted octanol–water partition coefficient (Wildman–Crippen LogP) is 1.37. The zero-order valence-electron chi connectivity index (χ0n) is 19.0. The first-order valence-corrected chi connectivity index (χ1v) is 12.1. The number of pyridine rings is 1. The Bertz CT molecular complexity index is 802. The number of carbonyl (C=O) groups is 3. The number of amides is 3. The standard InChI is InChI=1S/C24H35N5O3/c30-22-4-1-12-27(22)13-3-15-29-19-21(5-6-23(29)31)24(32)28-14-2-11-26(16-17-28)18-20-7-9-25-10-8-20/h7-10,21H,1-6,11-19H2/t21-/m0/s1. The van der Waals surface area contributed by atoms with Gasteiger partial charge in [0.2, 0.25) is 17.7 Å². The van der Waals surface area contributed by atoms with Crippen molar-refractivity contribution < 1.29 is 14.4 Å². The number of nitrogens with zero attached hydrogens (tertiary/aromatic N) is 5. The van der Waals surface area contributed by atoms with Crippen LogP contribution in [0, 0.1) is 5.92 Å². The fraction of sp³-hybridized carbons (Fsp3) is 0.667. The summed E-state index contributed by atoms with van der Waals surface area (Å²) in [6.07, 6.45) is 8.08. The minimum atomic E-state index is -0.104. The summed E-state index contributed by atoms with van der Waals surface area (Å²) in [5.41, 5.74) is 1.25. The number of aromatic nitrogens is 1. The Balaban J connectivity index is 1.25. The Labute approximate surface area is 190 Å². The van der Waals surface area contributed by atoms with Gasteiger partial charge in [0.05, 0.1) is 5.92 Å². The van der Waals surface area contributed by atoms with Crippen LogP contribution in [0.2, 0.25) is 0 Å². The molecule has 3 saturated heterocycles. The van der Waals surface area contributed by atoms with Crippen molar-refractivity contribution in [2.45, 2.75) is 45.1 Å². The molecule has 3 amide bonds. The Kier molecular flexibility index (Phi) is 7.73. The van der Waals surface area contributed by atoms with Crippen LogP contribution in [0.15, 0.2) is 24.5 Å². The first kappa shape index (κ1) is 22.7. The van der Waals surface area contributed by atoms with Gasteiger partial charge in [-0.1, -0.05) is 0 Å². The topological polar surface area (TPSA) is 77.1 Å². The summed E-state index contributed by atoms with van der Waals surface area (Å²) >= 11 is 0. The first-order chi connectivity index (χ1) is 15.6. The third-order valence-corrected chi connectivity index (χ3v) is 6.93. The van der Waals surface area contributed by atoms with E-state index in [9.17, 15) is 14.4 Å². The summed E-state index contributed by atoms with van der Waals surface area (Å²) in [6.45, 7) is 6.95.